The van der Waals surface area contributed by atoms with E-state index in [1.54, 1.807) is 75.6 Å². The molecule has 1 aliphatic rings. The Morgan fingerprint density at radius 1 is 1.05 bits per heavy atom. The number of hydrogen-bond donors (Lipinski definition) is 1. The third-order valence-corrected chi connectivity index (χ3v) is 8.38. The van der Waals surface area contributed by atoms with Gasteiger partial charge in [0.05, 0.1) is 33.9 Å². The Labute approximate surface area is 255 Å². The molecule has 0 radical (unpaired) electrons. The number of para-hydroxylation sites is 1. The number of nitrogens with one attached hydrogen (secondary N) is 1. The van der Waals surface area contributed by atoms with E-state index in [1.807, 2.05) is 30.3 Å². The lowest BCUT2D eigenvalue weighted by Crippen LogP contribution is -2.40. The summed E-state index contributed by atoms with van der Waals surface area (Å²) in [6.45, 7) is 3.43. The molecule has 11 heteroatoms. The average molecular weight is 607 g/mol. The number of ether oxygens (including phenoxy) is 1. The molecule has 2 aromatic heterocycles. The molecule has 0 aliphatic carbocycles. The number of nitro benzene ring substituents is 1. The molecule has 0 saturated carbocycles. The van der Waals surface area contributed by atoms with Gasteiger partial charge >= 0.3 is 0 Å². The van der Waals surface area contributed by atoms with E-state index >= 15 is 0 Å². The fourth-order valence-corrected chi connectivity index (χ4v) is 6.25. The third kappa shape index (κ3) is 5.25. The Morgan fingerprint density at radius 2 is 1.80 bits per heavy atom. The SMILES string of the molecule is COc1ccc([C@@H]2C(C(=O)Nc3ccccc3)=C(C)N=c3s/c(=C/c4ccc(-c5cccc([N+](=O)[O-])c5C)o4)c(=O)n32)cc1. The zero-order valence-electron chi connectivity index (χ0n) is 23.9. The summed E-state index contributed by atoms with van der Waals surface area (Å²) in [5, 5.41) is 14.4. The second-order valence-corrected chi connectivity index (χ2v) is 11.1. The highest BCUT2D eigenvalue weighted by Crippen LogP contribution is 2.33. The van der Waals surface area contributed by atoms with Crippen molar-refractivity contribution in [3.8, 4) is 17.1 Å². The molecule has 5 aromatic rings. The van der Waals surface area contributed by atoms with Gasteiger partial charge in [-0.25, -0.2) is 4.99 Å². The van der Waals surface area contributed by atoms with Gasteiger partial charge in [-0.3, -0.25) is 24.3 Å². The number of hydrogen-bond acceptors (Lipinski definition) is 8. The van der Waals surface area contributed by atoms with E-state index in [0.717, 1.165) is 0 Å². The van der Waals surface area contributed by atoms with Crippen molar-refractivity contribution in [2.75, 3.05) is 12.4 Å². The summed E-state index contributed by atoms with van der Waals surface area (Å²) in [4.78, 5) is 43.8. The summed E-state index contributed by atoms with van der Waals surface area (Å²) < 4.78 is 13.2. The average Bonchev–Trinajstić information content (AvgIpc) is 3.60. The first-order chi connectivity index (χ1) is 21.2. The summed E-state index contributed by atoms with van der Waals surface area (Å²) in [7, 11) is 1.57. The van der Waals surface area contributed by atoms with Crippen molar-refractivity contribution >= 4 is 34.7 Å². The van der Waals surface area contributed by atoms with Crippen LogP contribution in [0.4, 0.5) is 11.4 Å². The molecule has 220 valence electrons. The number of benzene rings is 3. The number of nitro groups is 1. The number of amides is 1. The number of fused-ring (bicyclic) bond motifs is 1. The minimum Gasteiger partial charge on any atom is -0.497 e. The van der Waals surface area contributed by atoms with Gasteiger partial charge in [0, 0.05) is 29.0 Å². The molecule has 0 unspecified atom stereocenters. The topological polar surface area (TPSA) is 129 Å². The monoisotopic (exact) mass is 606 g/mol. The van der Waals surface area contributed by atoms with Gasteiger partial charge in [0.25, 0.3) is 17.2 Å². The van der Waals surface area contributed by atoms with Crippen molar-refractivity contribution in [3.05, 3.63) is 143 Å². The fourth-order valence-electron chi connectivity index (χ4n) is 5.23. The lowest BCUT2D eigenvalue weighted by molar-refractivity contribution is -0.385. The van der Waals surface area contributed by atoms with E-state index in [9.17, 15) is 19.7 Å². The minimum atomic E-state index is -0.748. The largest absolute Gasteiger partial charge is 0.497 e. The van der Waals surface area contributed by atoms with Crippen LogP contribution in [0.3, 0.4) is 0 Å². The van der Waals surface area contributed by atoms with Crippen LogP contribution in [-0.4, -0.2) is 22.5 Å². The molecule has 44 heavy (non-hydrogen) atoms. The Kier molecular flexibility index (Phi) is 7.54. The van der Waals surface area contributed by atoms with E-state index in [-0.39, 0.29) is 17.2 Å². The van der Waals surface area contributed by atoms with Crippen molar-refractivity contribution in [1.82, 2.24) is 4.57 Å². The first-order valence-corrected chi connectivity index (χ1v) is 14.4. The highest BCUT2D eigenvalue weighted by atomic mass is 32.1. The fraction of sp³-hybridized carbons (Fsp3) is 0.121. The summed E-state index contributed by atoms with van der Waals surface area (Å²) in [5.74, 6) is 1.12. The predicted molar refractivity (Wildman–Crippen MR) is 167 cm³/mol. The normalized spacial score (nSPS) is 14.6. The smallest absolute Gasteiger partial charge is 0.273 e. The summed E-state index contributed by atoms with van der Waals surface area (Å²) in [6.07, 6.45) is 1.62. The molecule has 1 N–H and O–H groups in total. The van der Waals surface area contributed by atoms with Crippen molar-refractivity contribution in [1.29, 1.82) is 0 Å². The lowest BCUT2D eigenvalue weighted by Gasteiger charge is -2.25. The van der Waals surface area contributed by atoms with Gasteiger partial charge in [0.2, 0.25) is 0 Å². The van der Waals surface area contributed by atoms with E-state index in [4.69, 9.17) is 9.15 Å². The molecule has 1 aliphatic heterocycles. The van der Waals surface area contributed by atoms with Gasteiger partial charge in [0.1, 0.15) is 17.3 Å². The number of nitrogens with zero attached hydrogens (tertiary/aromatic N) is 3. The van der Waals surface area contributed by atoms with E-state index in [0.29, 0.717) is 60.3 Å². The predicted octanol–water partition coefficient (Wildman–Crippen LogP) is 5.36. The van der Waals surface area contributed by atoms with Crippen molar-refractivity contribution in [3.63, 3.8) is 0 Å². The number of carbonyl (C=O) groups is 1. The van der Waals surface area contributed by atoms with Crippen LogP contribution in [0.25, 0.3) is 17.4 Å². The maximum absolute atomic E-state index is 14.0. The molecule has 0 saturated heterocycles. The molecule has 0 bridgehead atoms. The second-order valence-electron chi connectivity index (χ2n) is 10.1. The number of rotatable bonds is 7. The zero-order valence-corrected chi connectivity index (χ0v) is 24.8. The molecule has 10 nitrogen and oxygen atoms in total. The van der Waals surface area contributed by atoms with Crippen LogP contribution in [0.1, 0.15) is 29.9 Å². The molecule has 6 rings (SSSR count). The van der Waals surface area contributed by atoms with E-state index < -0.39 is 11.0 Å². The number of aromatic nitrogens is 1. The van der Waals surface area contributed by atoms with Crippen LogP contribution in [0.15, 0.2) is 110 Å². The Hall–Kier alpha value is -5.55. The first kappa shape index (κ1) is 28.6. The highest BCUT2D eigenvalue weighted by molar-refractivity contribution is 7.07. The molecule has 1 amide bonds. The van der Waals surface area contributed by atoms with Crippen LogP contribution in [-0.2, 0) is 4.79 Å². The van der Waals surface area contributed by atoms with E-state index in [2.05, 4.69) is 10.3 Å². The number of carbonyl (C=O) groups excluding carboxylic acids is 1. The summed E-state index contributed by atoms with van der Waals surface area (Å²) in [6, 6.07) is 23.8. The number of allylic oxidation sites excluding steroid dienone is 1. The second kappa shape index (κ2) is 11.6. The molecule has 3 heterocycles. The lowest BCUT2D eigenvalue weighted by atomic mass is 9.95. The minimum absolute atomic E-state index is 0.00485. The van der Waals surface area contributed by atoms with Gasteiger partial charge in [-0.05, 0) is 55.8 Å². The quantitative estimate of drug-likeness (QED) is 0.196. The van der Waals surface area contributed by atoms with Gasteiger partial charge < -0.3 is 14.5 Å². The number of thiazole rings is 1. The summed E-state index contributed by atoms with van der Waals surface area (Å²) in [5.41, 5.74) is 2.90. The summed E-state index contributed by atoms with van der Waals surface area (Å²) >= 11 is 1.19. The van der Waals surface area contributed by atoms with Crippen molar-refractivity contribution in [2.24, 2.45) is 4.99 Å². The zero-order chi connectivity index (χ0) is 31.0. The van der Waals surface area contributed by atoms with Crippen LogP contribution in [0.5, 0.6) is 5.75 Å². The molecular weight excluding hydrogens is 580 g/mol. The Morgan fingerprint density at radius 3 is 2.50 bits per heavy atom. The third-order valence-electron chi connectivity index (χ3n) is 7.40. The van der Waals surface area contributed by atoms with Gasteiger partial charge in [-0.1, -0.05) is 53.8 Å². The van der Waals surface area contributed by atoms with Gasteiger partial charge in [0.15, 0.2) is 4.80 Å². The van der Waals surface area contributed by atoms with Crippen LogP contribution >= 0.6 is 11.3 Å². The number of anilines is 1. The van der Waals surface area contributed by atoms with Crippen LogP contribution < -0.4 is 24.9 Å². The number of furan rings is 1. The standard InChI is InChI=1S/C33H26N4O6S/c1-19-25(10-7-11-26(19)37(40)41)27-17-16-24(43-27)18-28-32(39)36-30(21-12-14-23(42-3)15-13-21)29(20(2)34-33(36)44-28)31(38)35-22-8-5-4-6-9-22/h4-18,30H,1-3H3,(H,35,38)/b28-18+/t30-/m1/s1. The maximum atomic E-state index is 14.0. The van der Waals surface area contributed by atoms with Crippen LogP contribution in [0.2, 0.25) is 0 Å². The van der Waals surface area contributed by atoms with Crippen LogP contribution in [0, 0.1) is 17.0 Å². The molecule has 3 aromatic carbocycles. The first-order valence-electron chi connectivity index (χ1n) is 13.6. The molecule has 0 fully saturated rings. The molecule has 1 atom stereocenters. The van der Waals surface area contributed by atoms with Crippen molar-refractivity contribution in [2.45, 2.75) is 19.9 Å². The Balaban J connectivity index is 1.44. The molecule has 0 spiro atoms. The van der Waals surface area contributed by atoms with Crippen molar-refractivity contribution < 1.29 is 18.9 Å². The molecular formula is C33H26N4O6S. The highest BCUT2D eigenvalue weighted by Gasteiger charge is 2.32. The van der Waals surface area contributed by atoms with Gasteiger partial charge in [-0.15, -0.1) is 0 Å². The number of methoxy groups -OCH3 is 1. The maximum Gasteiger partial charge on any atom is 0.273 e. The van der Waals surface area contributed by atoms with E-state index in [1.165, 1.54) is 22.0 Å². The Bertz CT molecular complexity index is 2130. The van der Waals surface area contributed by atoms with Gasteiger partial charge in [-0.2, -0.15) is 0 Å².